The van der Waals surface area contributed by atoms with Crippen LogP contribution in [0.5, 0.6) is 11.5 Å². The number of benzene rings is 1. The molecule has 0 aliphatic heterocycles. The third kappa shape index (κ3) is 4.35. The standard InChI is InChI=1S/C20H20N4O4/c1-13-8-9-21-18(10-13)22-19(25)12-24-20(26)7-5-16(23-24)15-11-14(27-2)4-6-17(15)28-3/h4-11H,12H2,1-3H3,(H,21,22,25). The molecule has 2 aromatic heterocycles. The third-order valence-corrected chi connectivity index (χ3v) is 4.03. The van der Waals surface area contributed by atoms with Gasteiger partial charge in [-0.15, -0.1) is 0 Å². The third-order valence-electron chi connectivity index (χ3n) is 4.03. The van der Waals surface area contributed by atoms with Crippen molar-refractivity contribution in [3.05, 3.63) is 64.6 Å². The Morgan fingerprint density at radius 1 is 1.11 bits per heavy atom. The summed E-state index contributed by atoms with van der Waals surface area (Å²) >= 11 is 0. The van der Waals surface area contributed by atoms with Crippen LogP contribution in [0.15, 0.2) is 53.5 Å². The summed E-state index contributed by atoms with van der Waals surface area (Å²) in [6.07, 6.45) is 1.60. The van der Waals surface area contributed by atoms with E-state index in [0.29, 0.717) is 28.6 Å². The Morgan fingerprint density at radius 2 is 1.93 bits per heavy atom. The number of amides is 1. The highest BCUT2D eigenvalue weighted by atomic mass is 16.5. The number of anilines is 1. The van der Waals surface area contributed by atoms with Gasteiger partial charge in [-0.05, 0) is 48.9 Å². The van der Waals surface area contributed by atoms with Crippen molar-refractivity contribution in [3.8, 4) is 22.8 Å². The Kier molecular flexibility index (Phi) is 5.69. The van der Waals surface area contributed by atoms with E-state index in [4.69, 9.17) is 9.47 Å². The van der Waals surface area contributed by atoms with Crippen molar-refractivity contribution in [2.45, 2.75) is 13.5 Å². The van der Waals surface area contributed by atoms with Gasteiger partial charge in [0.25, 0.3) is 5.56 Å². The van der Waals surface area contributed by atoms with Crippen LogP contribution >= 0.6 is 0 Å². The van der Waals surface area contributed by atoms with Gasteiger partial charge in [-0.25, -0.2) is 9.67 Å². The molecule has 8 nitrogen and oxygen atoms in total. The monoisotopic (exact) mass is 380 g/mol. The van der Waals surface area contributed by atoms with E-state index >= 15 is 0 Å². The van der Waals surface area contributed by atoms with Crippen molar-refractivity contribution in [3.63, 3.8) is 0 Å². The zero-order valence-corrected chi connectivity index (χ0v) is 15.8. The number of hydrogen-bond donors (Lipinski definition) is 1. The minimum Gasteiger partial charge on any atom is -0.497 e. The number of carbonyl (C=O) groups is 1. The SMILES string of the molecule is COc1ccc(OC)c(-c2ccc(=O)n(CC(=O)Nc3cc(C)ccn3)n2)c1. The van der Waals surface area contributed by atoms with Crippen LogP contribution in [-0.4, -0.2) is 34.9 Å². The van der Waals surface area contributed by atoms with Crippen LogP contribution in [-0.2, 0) is 11.3 Å². The highest BCUT2D eigenvalue weighted by Gasteiger charge is 2.13. The average molecular weight is 380 g/mol. The number of methoxy groups -OCH3 is 2. The summed E-state index contributed by atoms with van der Waals surface area (Å²) in [6, 6.07) is 11.8. The lowest BCUT2D eigenvalue weighted by Gasteiger charge is -2.12. The Balaban J connectivity index is 1.88. The molecule has 1 aromatic carbocycles. The second-order valence-corrected chi connectivity index (χ2v) is 6.05. The highest BCUT2D eigenvalue weighted by molar-refractivity contribution is 5.89. The van der Waals surface area contributed by atoms with E-state index in [1.807, 2.05) is 13.0 Å². The Hall–Kier alpha value is -3.68. The number of carbonyl (C=O) groups excluding carboxylic acids is 1. The zero-order chi connectivity index (χ0) is 20.1. The second-order valence-electron chi connectivity index (χ2n) is 6.05. The first-order chi connectivity index (χ1) is 13.5. The second kappa shape index (κ2) is 8.34. The normalized spacial score (nSPS) is 10.4. The van der Waals surface area contributed by atoms with Gasteiger partial charge >= 0.3 is 0 Å². The lowest BCUT2D eigenvalue weighted by atomic mass is 10.1. The summed E-state index contributed by atoms with van der Waals surface area (Å²) in [6.45, 7) is 1.66. The Bertz CT molecular complexity index is 1060. The molecule has 0 saturated heterocycles. The van der Waals surface area contributed by atoms with Crippen LogP contribution in [0, 0.1) is 6.92 Å². The summed E-state index contributed by atoms with van der Waals surface area (Å²) in [5.41, 5.74) is 1.71. The molecule has 8 heteroatoms. The average Bonchev–Trinajstić information content (AvgIpc) is 2.69. The van der Waals surface area contributed by atoms with E-state index in [2.05, 4.69) is 15.4 Å². The molecule has 0 atom stereocenters. The number of nitrogens with one attached hydrogen (secondary N) is 1. The maximum absolute atomic E-state index is 12.3. The Labute approximate surface area is 161 Å². The van der Waals surface area contributed by atoms with Crippen molar-refractivity contribution in [1.29, 1.82) is 0 Å². The summed E-state index contributed by atoms with van der Waals surface area (Å²) in [7, 11) is 3.10. The van der Waals surface area contributed by atoms with Crippen LogP contribution in [0.4, 0.5) is 5.82 Å². The van der Waals surface area contributed by atoms with E-state index in [1.165, 1.54) is 6.07 Å². The molecule has 2 heterocycles. The molecule has 0 spiro atoms. The fraction of sp³-hybridized carbons (Fsp3) is 0.200. The predicted octanol–water partition coefficient (Wildman–Crippen LogP) is 2.27. The maximum atomic E-state index is 12.3. The lowest BCUT2D eigenvalue weighted by Crippen LogP contribution is -2.29. The van der Waals surface area contributed by atoms with Crippen molar-refractivity contribution in [1.82, 2.24) is 14.8 Å². The molecule has 0 fully saturated rings. The summed E-state index contributed by atoms with van der Waals surface area (Å²) in [4.78, 5) is 28.6. The molecule has 0 unspecified atom stereocenters. The van der Waals surface area contributed by atoms with Crippen LogP contribution in [0.3, 0.4) is 0 Å². The van der Waals surface area contributed by atoms with E-state index in [-0.39, 0.29) is 6.54 Å². The molecule has 28 heavy (non-hydrogen) atoms. The molecule has 1 N–H and O–H groups in total. The van der Waals surface area contributed by atoms with Crippen molar-refractivity contribution in [2.24, 2.45) is 0 Å². The number of ether oxygens (including phenoxy) is 2. The van der Waals surface area contributed by atoms with Crippen LogP contribution < -0.4 is 20.3 Å². The van der Waals surface area contributed by atoms with Gasteiger partial charge in [0.2, 0.25) is 5.91 Å². The smallest absolute Gasteiger partial charge is 0.267 e. The highest BCUT2D eigenvalue weighted by Crippen LogP contribution is 2.31. The molecule has 144 valence electrons. The fourth-order valence-corrected chi connectivity index (χ4v) is 2.64. The van der Waals surface area contributed by atoms with Gasteiger partial charge in [-0.3, -0.25) is 9.59 Å². The van der Waals surface area contributed by atoms with Gasteiger partial charge in [0.15, 0.2) is 0 Å². The molecular weight excluding hydrogens is 360 g/mol. The van der Waals surface area contributed by atoms with Gasteiger partial charge in [-0.2, -0.15) is 5.10 Å². The van der Waals surface area contributed by atoms with E-state index in [9.17, 15) is 9.59 Å². The van der Waals surface area contributed by atoms with Crippen LogP contribution in [0.2, 0.25) is 0 Å². The largest absolute Gasteiger partial charge is 0.497 e. The quantitative estimate of drug-likeness (QED) is 0.705. The first kappa shape index (κ1) is 19.1. The molecule has 0 saturated carbocycles. The summed E-state index contributed by atoms with van der Waals surface area (Å²) in [5, 5.41) is 6.98. The predicted molar refractivity (Wildman–Crippen MR) is 105 cm³/mol. The summed E-state index contributed by atoms with van der Waals surface area (Å²) < 4.78 is 11.7. The minimum absolute atomic E-state index is 0.241. The van der Waals surface area contributed by atoms with Gasteiger partial charge in [-0.1, -0.05) is 0 Å². The lowest BCUT2D eigenvalue weighted by molar-refractivity contribution is -0.117. The van der Waals surface area contributed by atoms with Gasteiger partial charge < -0.3 is 14.8 Å². The number of aromatic nitrogens is 3. The number of aryl methyl sites for hydroxylation is 1. The Morgan fingerprint density at radius 3 is 2.64 bits per heavy atom. The topological polar surface area (TPSA) is 95.3 Å². The van der Waals surface area contributed by atoms with Crippen molar-refractivity contribution < 1.29 is 14.3 Å². The number of nitrogens with zero attached hydrogens (tertiary/aromatic N) is 3. The molecule has 0 aliphatic rings. The van der Waals surface area contributed by atoms with Gasteiger partial charge in [0, 0.05) is 17.8 Å². The molecule has 1 amide bonds. The van der Waals surface area contributed by atoms with Gasteiger partial charge in [0.05, 0.1) is 19.9 Å². The number of pyridine rings is 1. The maximum Gasteiger partial charge on any atom is 0.267 e. The molecule has 3 rings (SSSR count). The molecule has 0 aliphatic carbocycles. The summed E-state index contributed by atoms with van der Waals surface area (Å²) in [5.74, 6) is 1.22. The first-order valence-corrected chi connectivity index (χ1v) is 8.53. The van der Waals surface area contributed by atoms with Crippen molar-refractivity contribution >= 4 is 11.7 Å². The van der Waals surface area contributed by atoms with E-state index in [1.54, 1.807) is 50.7 Å². The minimum atomic E-state index is -0.401. The van der Waals surface area contributed by atoms with Crippen molar-refractivity contribution in [2.75, 3.05) is 19.5 Å². The van der Waals surface area contributed by atoms with Crippen LogP contribution in [0.1, 0.15) is 5.56 Å². The van der Waals surface area contributed by atoms with Gasteiger partial charge in [0.1, 0.15) is 23.9 Å². The molecule has 3 aromatic rings. The van der Waals surface area contributed by atoms with E-state index < -0.39 is 11.5 Å². The van der Waals surface area contributed by atoms with E-state index in [0.717, 1.165) is 10.2 Å². The zero-order valence-electron chi connectivity index (χ0n) is 15.8. The molecule has 0 radical (unpaired) electrons. The first-order valence-electron chi connectivity index (χ1n) is 8.53. The fourth-order valence-electron chi connectivity index (χ4n) is 2.64. The number of hydrogen-bond acceptors (Lipinski definition) is 6. The van der Waals surface area contributed by atoms with Crippen LogP contribution in [0.25, 0.3) is 11.3 Å². The molecular formula is C20H20N4O4. The number of rotatable bonds is 6. The molecule has 0 bridgehead atoms.